The molecule has 1 unspecified atom stereocenters. The highest BCUT2D eigenvalue weighted by atomic mass is 16.6. The summed E-state index contributed by atoms with van der Waals surface area (Å²) in [6, 6.07) is 9.21. The summed E-state index contributed by atoms with van der Waals surface area (Å²) >= 11 is 0. The molecule has 2 heteroatoms. The first-order valence-corrected chi connectivity index (χ1v) is 7.44. The summed E-state index contributed by atoms with van der Waals surface area (Å²) in [5.41, 5.74) is 0. The third kappa shape index (κ3) is 7.89. The van der Waals surface area contributed by atoms with Crippen LogP contribution >= 0.6 is 0 Å². The Hall–Kier alpha value is -1.02. The summed E-state index contributed by atoms with van der Waals surface area (Å²) in [5.74, 6) is -0.944. The van der Waals surface area contributed by atoms with Crippen LogP contribution in [0.25, 0.3) is 0 Å². The summed E-state index contributed by atoms with van der Waals surface area (Å²) in [6.45, 7) is 5.85. The van der Waals surface area contributed by atoms with Gasteiger partial charge in [0.25, 0.3) is 0 Å². The summed E-state index contributed by atoms with van der Waals surface area (Å²) in [7, 11) is 0. The van der Waals surface area contributed by atoms with Gasteiger partial charge in [-0.25, -0.2) is 0 Å². The van der Waals surface area contributed by atoms with Crippen LogP contribution in [0.4, 0.5) is 0 Å². The lowest BCUT2D eigenvalue weighted by atomic mass is 10.1. The molecule has 0 bridgehead atoms. The Morgan fingerprint density at radius 2 is 1.58 bits per heavy atom. The highest BCUT2D eigenvalue weighted by molar-refractivity contribution is 5.21. The first-order valence-electron chi connectivity index (χ1n) is 7.44. The van der Waals surface area contributed by atoms with E-state index in [1.54, 1.807) is 12.1 Å². The maximum Gasteiger partial charge on any atom is 0.241 e. The maximum absolute atomic E-state index is 12.1. The van der Waals surface area contributed by atoms with Crippen molar-refractivity contribution in [2.24, 2.45) is 0 Å². The van der Waals surface area contributed by atoms with Crippen LogP contribution in [0.1, 0.15) is 58.3 Å². The molecular weight excluding hydrogens is 236 g/mol. The molecule has 0 saturated carbocycles. The smallest absolute Gasteiger partial charge is 0.241 e. The Morgan fingerprint density at radius 1 is 1.00 bits per heavy atom. The fraction of sp³-hybridized carbons (Fsp3) is 0.588. The van der Waals surface area contributed by atoms with E-state index in [0.29, 0.717) is 12.2 Å². The predicted octanol–water partition coefficient (Wildman–Crippen LogP) is 5.17. The molecule has 0 fully saturated rings. The van der Waals surface area contributed by atoms with E-state index in [1.165, 1.54) is 32.1 Å². The number of ether oxygens (including phenoxy) is 1. The lowest BCUT2D eigenvalue weighted by molar-refractivity contribution is -0.152. The van der Waals surface area contributed by atoms with Gasteiger partial charge in [0.1, 0.15) is 5.75 Å². The van der Waals surface area contributed by atoms with Crippen molar-refractivity contribution in [2.45, 2.75) is 64.1 Å². The van der Waals surface area contributed by atoms with Crippen LogP contribution < -0.4 is 4.74 Å². The van der Waals surface area contributed by atoms with Crippen LogP contribution in [0.3, 0.4) is 0 Å². The number of para-hydroxylation sites is 1. The van der Waals surface area contributed by atoms with Crippen molar-refractivity contribution in [1.29, 1.82) is 0 Å². The average Bonchev–Trinajstić information content (AvgIpc) is 2.38. The quantitative estimate of drug-likeness (QED) is 0.422. The van der Waals surface area contributed by atoms with Crippen LogP contribution in [0.2, 0.25) is 0 Å². The lowest BCUT2D eigenvalue weighted by Gasteiger charge is -2.22. The topological polar surface area (TPSA) is 29.1 Å². The fourth-order valence-corrected chi connectivity index (χ4v) is 2.11. The van der Waals surface area contributed by atoms with E-state index in [1.807, 2.05) is 18.2 Å². The lowest BCUT2D eigenvalue weighted by Crippen LogP contribution is -2.30. The van der Waals surface area contributed by atoms with E-state index >= 15 is 0 Å². The molecule has 19 heavy (non-hydrogen) atoms. The monoisotopic (exact) mass is 262 g/mol. The molecule has 106 valence electrons. The molecule has 2 nitrogen and oxygen atoms in total. The minimum Gasteiger partial charge on any atom is -0.460 e. The van der Waals surface area contributed by atoms with E-state index < -0.39 is 5.79 Å². The second kappa shape index (κ2) is 8.98. The van der Waals surface area contributed by atoms with E-state index in [9.17, 15) is 5.11 Å². The van der Waals surface area contributed by atoms with Gasteiger partial charge in [-0.2, -0.15) is 5.11 Å². The zero-order valence-corrected chi connectivity index (χ0v) is 12.1. The normalized spacial score (nSPS) is 14.1. The van der Waals surface area contributed by atoms with Gasteiger partial charge in [-0.05, 0) is 18.6 Å². The van der Waals surface area contributed by atoms with Gasteiger partial charge < -0.3 is 4.74 Å². The van der Waals surface area contributed by atoms with Crippen LogP contribution in [0.15, 0.2) is 30.3 Å². The van der Waals surface area contributed by atoms with Crippen LogP contribution in [0.5, 0.6) is 5.75 Å². The van der Waals surface area contributed by atoms with Gasteiger partial charge in [0, 0.05) is 13.3 Å². The van der Waals surface area contributed by atoms with Crippen LogP contribution in [-0.4, -0.2) is 5.79 Å². The molecule has 0 spiro atoms. The van der Waals surface area contributed by atoms with Gasteiger partial charge in [-0.1, -0.05) is 63.6 Å². The van der Waals surface area contributed by atoms with E-state index in [-0.39, 0.29) is 0 Å². The molecule has 0 heterocycles. The van der Waals surface area contributed by atoms with Crippen molar-refractivity contribution in [3.63, 3.8) is 0 Å². The minimum absolute atomic E-state index is 0.468. The summed E-state index contributed by atoms with van der Waals surface area (Å²) < 4.78 is 5.38. The zero-order valence-electron chi connectivity index (χ0n) is 12.1. The molecule has 1 aromatic carbocycles. The van der Waals surface area contributed by atoms with Gasteiger partial charge >= 0.3 is 0 Å². The first-order chi connectivity index (χ1) is 9.14. The third-order valence-corrected chi connectivity index (χ3v) is 3.21. The molecule has 1 aromatic rings. The number of rotatable bonds is 10. The minimum atomic E-state index is -1.55. The van der Waals surface area contributed by atoms with Crippen LogP contribution in [0, 0.1) is 6.92 Å². The van der Waals surface area contributed by atoms with Crippen molar-refractivity contribution in [1.82, 2.24) is 0 Å². The second-order valence-electron chi connectivity index (χ2n) is 5.20. The number of hydrogen-bond donors (Lipinski definition) is 0. The highest BCUT2D eigenvalue weighted by Crippen LogP contribution is 2.21. The first kappa shape index (κ1) is 16.0. The Labute approximate surface area is 117 Å². The number of benzene rings is 1. The van der Waals surface area contributed by atoms with Gasteiger partial charge in [-0.3, -0.25) is 0 Å². The highest BCUT2D eigenvalue weighted by Gasteiger charge is 2.24. The van der Waals surface area contributed by atoms with Crippen LogP contribution in [-0.2, 0) is 5.11 Å². The third-order valence-electron chi connectivity index (χ3n) is 3.21. The molecule has 2 radical (unpaired) electrons. The molecule has 0 amide bonds. The summed E-state index contributed by atoms with van der Waals surface area (Å²) in [6.07, 6.45) is 8.84. The SMILES string of the molecule is [CH2]C([O])(CCCCCCCCC)Oc1ccccc1. The van der Waals surface area contributed by atoms with Crippen molar-refractivity contribution in [3.05, 3.63) is 37.3 Å². The summed E-state index contributed by atoms with van der Waals surface area (Å²) in [5, 5.41) is 12.1. The molecule has 1 atom stereocenters. The fourth-order valence-electron chi connectivity index (χ4n) is 2.11. The van der Waals surface area contributed by atoms with Crippen molar-refractivity contribution in [3.8, 4) is 5.75 Å². The van der Waals surface area contributed by atoms with Crippen molar-refractivity contribution < 1.29 is 9.84 Å². The number of unbranched alkanes of at least 4 members (excludes halogenated alkanes) is 6. The number of hydrogen-bond acceptors (Lipinski definition) is 1. The Balaban J connectivity index is 2.13. The second-order valence-corrected chi connectivity index (χ2v) is 5.20. The Morgan fingerprint density at radius 3 is 2.21 bits per heavy atom. The molecule has 0 aliphatic carbocycles. The zero-order chi connectivity index (χ0) is 14.0. The van der Waals surface area contributed by atoms with E-state index in [4.69, 9.17) is 4.74 Å². The molecule has 0 N–H and O–H groups in total. The average molecular weight is 262 g/mol. The van der Waals surface area contributed by atoms with Gasteiger partial charge in [0.05, 0.1) is 0 Å². The van der Waals surface area contributed by atoms with E-state index in [2.05, 4.69) is 13.8 Å². The van der Waals surface area contributed by atoms with Gasteiger partial charge in [-0.15, -0.1) is 0 Å². The summed E-state index contributed by atoms with van der Waals surface area (Å²) in [4.78, 5) is 0. The van der Waals surface area contributed by atoms with Crippen molar-refractivity contribution in [2.75, 3.05) is 0 Å². The van der Waals surface area contributed by atoms with Gasteiger partial charge in [0.15, 0.2) is 0 Å². The van der Waals surface area contributed by atoms with Gasteiger partial charge in [0.2, 0.25) is 5.79 Å². The molecule has 0 aromatic heterocycles. The standard InChI is InChI=1S/C17H26O2/c1-3-4-5-6-7-8-12-15-17(2,18)19-16-13-10-9-11-14-16/h9-11,13-14H,2-8,12,15H2,1H3. The molecular formula is C17H26O2. The Kier molecular flexibility index (Phi) is 7.57. The van der Waals surface area contributed by atoms with Crippen molar-refractivity contribution >= 4 is 0 Å². The molecule has 0 saturated heterocycles. The molecule has 0 aliphatic heterocycles. The van der Waals surface area contributed by atoms with E-state index in [0.717, 1.165) is 12.8 Å². The largest absolute Gasteiger partial charge is 0.460 e. The molecule has 0 aliphatic rings. The maximum atomic E-state index is 12.1. The molecule has 1 rings (SSSR count). The Bertz CT molecular complexity index is 319. The predicted molar refractivity (Wildman–Crippen MR) is 78.5 cm³/mol.